The van der Waals surface area contributed by atoms with Crippen molar-refractivity contribution in [2.45, 2.75) is 6.92 Å². The number of sulfonamides is 1. The summed E-state index contributed by atoms with van der Waals surface area (Å²) in [4.78, 5) is 12.2. The zero-order valence-electron chi connectivity index (χ0n) is 15.9. The monoisotopic (exact) mass is 426 g/mol. The Labute approximate surface area is 170 Å². The molecule has 0 heterocycles. The lowest BCUT2D eigenvalue weighted by Crippen LogP contribution is -2.41. The largest absolute Gasteiger partial charge is 0.495 e. The van der Waals surface area contributed by atoms with Crippen molar-refractivity contribution in [1.29, 1.82) is 0 Å². The average molecular weight is 427 g/mol. The molecule has 0 aliphatic carbocycles. The van der Waals surface area contributed by atoms with Crippen LogP contribution >= 0.6 is 11.6 Å². The van der Waals surface area contributed by atoms with Crippen LogP contribution in [0.25, 0.3) is 0 Å². The van der Waals surface area contributed by atoms with Crippen LogP contribution in [0.5, 0.6) is 11.5 Å². The molecule has 0 saturated heterocycles. The molecule has 0 atom stereocenters. The fourth-order valence-electron chi connectivity index (χ4n) is 2.46. The molecule has 9 heteroatoms. The van der Waals surface area contributed by atoms with E-state index in [9.17, 15) is 13.2 Å². The highest BCUT2D eigenvalue weighted by atomic mass is 35.5. The number of carbonyl (C=O) groups is 1. The first kappa shape index (κ1) is 21.8. The van der Waals surface area contributed by atoms with Gasteiger partial charge in [0.05, 0.1) is 30.6 Å². The highest BCUT2D eigenvalue weighted by molar-refractivity contribution is 7.92. The van der Waals surface area contributed by atoms with Crippen LogP contribution in [0.15, 0.2) is 42.5 Å². The molecule has 0 spiro atoms. The number of carbonyl (C=O) groups excluding carboxylic acids is 1. The molecule has 2 aromatic rings. The van der Waals surface area contributed by atoms with Crippen LogP contribution in [0, 0.1) is 6.92 Å². The average Bonchev–Trinajstić information content (AvgIpc) is 2.62. The number of rotatable bonds is 9. The summed E-state index contributed by atoms with van der Waals surface area (Å²) in [5.74, 6) is 0.668. The van der Waals surface area contributed by atoms with Crippen LogP contribution in [-0.4, -0.2) is 47.4 Å². The Kier molecular flexibility index (Phi) is 7.53. The zero-order valence-corrected chi connectivity index (χ0v) is 17.5. The van der Waals surface area contributed by atoms with Crippen molar-refractivity contribution in [1.82, 2.24) is 5.32 Å². The minimum absolute atomic E-state index is 0.244. The van der Waals surface area contributed by atoms with Crippen LogP contribution in [0.3, 0.4) is 0 Å². The van der Waals surface area contributed by atoms with E-state index in [1.54, 1.807) is 6.07 Å². The van der Waals surface area contributed by atoms with E-state index in [-0.39, 0.29) is 30.4 Å². The summed E-state index contributed by atoms with van der Waals surface area (Å²) in [5.41, 5.74) is 1.35. The summed E-state index contributed by atoms with van der Waals surface area (Å²) < 4.78 is 35.9. The number of amides is 1. The predicted octanol–water partition coefficient (Wildman–Crippen LogP) is 2.62. The Balaban J connectivity index is 1.95. The summed E-state index contributed by atoms with van der Waals surface area (Å²) in [6.07, 6.45) is 1.03. The third-order valence-electron chi connectivity index (χ3n) is 3.79. The van der Waals surface area contributed by atoms with Crippen LogP contribution in [0.4, 0.5) is 5.69 Å². The summed E-state index contributed by atoms with van der Waals surface area (Å²) in [7, 11) is -2.23. The summed E-state index contributed by atoms with van der Waals surface area (Å²) >= 11 is 6.07. The molecule has 0 aliphatic rings. The minimum atomic E-state index is -3.69. The second kappa shape index (κ2) is 9.66. The Morgan fingerprint density at radius 1 is 1.21 bits per heavy atom. The lowest BCUT2D eigenvalue weighted by atomic mass is 10.2. The van der Waals surface area contributed by atoms with Gasteiger partial charge in [0.15, 0.2) is 0 Å². The fourth-order valence-corrected chi connectivity index (χ4v) is 3.56. The van der Waals surface area contributed by atoms with Gasteiger partial charge >= 0.3 is 0 Å². The fraction of sp³-hybridized carbons (Fsp3) is 0.316. The molecule has 0 fully saturated rings. The van der Waals surface area contributed by atoms with Gasteiger partial charge in [-0.1, -0.05) is 23.7 Å². The molecule has 28 heavy (non-hydrogen) atoms. The standard InChI is InChI=1S/C19H23ClN2O5S/c1-14-5-4-6-16(11-14)27-10-9-21-19(23)13-22(28(3,24)25)15-7-8-18(26-2)17(20)12-15/h4-8,11-12H,9-10,13H2,1-3H3,(H,21,23). The number of benzene rings is 2. The molecule has 2 rings (SSSR count). The van der Waals surface area contributed by atoms with Crippen molar-refractivity contribution < 1.29 is 22.7 Å². The normalized spacial score (nSPS) is 11.0. The lowest BCUT2D eigenvalue weighted by molar-refractivity contribution is -0.119. The number of aryl methyl sites for hydroxylation is 1. The number of nitrogens with one attached hydrogen (secondary N) is 1. The third-order valence-corrected chi connectivity index (χ3v) is 5.23. The van der Waals surface area contributed by atoms with Gasteiger partial charge in [-0.05, 0) is 42.8 Å². The number of hydrogen-bond acceptors (Lipinski definition) is 5. The van der Waals surface area contributed by atoms with Crippen LogP contribution in [0.1, 0.15) is 5.56 Å². The van der Waals surface area contributed by atoms with Crippen molar-refractivity contribution in [2.24, 2.45) is 0 Å². The molecule has 0 aromatic heterocycles. The van der Waals surface area contributed by atoms with Gasteiger partial charge in [-0.3, -0.25) is 9.10 Å². The van der Waals surface area contributed by atoms with Gasteiger partial charge < -0.3 is 14.8 Å². The summed E-state index contributed by atoms with van der Waals surface area (Å²) in [6.45, 7) is 2.10. The van der Waals surface area contributed by atoms with Crippen LogP contribution in [0.2, 0.25) is 5.02 Å². The van der Waals surface area contributed by atoms with E-state index in [2.05, 4.69) is 5.32 Å². The van der Waals surface area contributed by atoms with E-state index >= 15 is 0 Å². The van der Waals surface area contributed by atoms with E-state index in [4.69, 9.17) is 21.1 Å². The first-order valence-electron chi connectivity index (χ1n) is 8.48. The summed E-state index contributed by atoms with van der Waals surface area (Å²) in [5, 5.41) is 2.90. The molecule has 2 aromatic carbocycles. The highest BCUT2D eigenvalue weighted by Gasteiger charge is 2.21. The van der Waals surface area contributed by atoms with Crippen molar-refractivity contribution in [3.8, 4) is 11.5 Å². The Morgan fingerprint density at radius 2 is 1.96 bits per heavy atom. The number of hydrogen-bond donors (Lipinski definition) is 1. The van der Waals surface area contributed by atoms with Gasteiger partial charge in [0, 0.05) is 0 Å². The van der Waals surface area contributed by atoms with Gasteiger partial charge in [-0.15, -0.1) is 0 Å². The van der Waals surface area contributed by atoms with Crippen LogP contribution < -0.4 is 19.1 Å². The lowest BCUT2D eigenvalue weighted by Gasteiger charge is -2.22. The molecule has 0 radical (unpaired) electrons. The topological polar surface area (TPSA) is 84.9 Å². The Bertz CT molecular complexity index is 934. The zero-order chi connectivity index (χ0) is 20.7. The number of methoxy groups -OCH3 is 1. The molecule has 0 bridgehead atoms. The van der Waals surface area contributed by atoms with Gasteiger partial charge in [-0.2, -0.15) is 0 Å². The first-order valence-corrected chi connectivity index (χ1v) is 10.7. The molecule has 152 valence electrons. The summed E-state index contributed by atoms with van der Waals surface area (Å²) in [6, 6.07) is 12.1. The van der Waals surface area contributed by atoms with E-state index in [0.29, 0.717) is 11.5 Å². The van der Waals surface area contributed by atoms with Crippen molar-refractivity contribution in [2.75, 3.05) is 37.4 Å². The quantitative estimate of drug-likeness (QED) is 0.623. The van der Waals surface area contributed by atoms with Crippen LogP contribution in [-0.2, 0) is 14.8 Å². The van der Waals surface area contributed by atoms with Crippen molar-refractivity contribution in [3.05, 3.63) is 53.1 Å². The SMILES string of the molecule is COc1ccc(N(CC(=O)NCCOc2cccc(C)c2)S(C)(=O)=O)cc1Cl. The molecule has 0 aliphatic heterocycles. The molecule has 0 unspecified atom stereocenters. The molecule has 1 N–H and O–H groups in total. The maximum absolute atomic E-state index is 12.2. The Morgan fingerprint density at radius 3 is 2.57 bits per heavy atom. The highest BCUT2D eigenvalue weighted by Crippen LogP contribution is 2.30. The maximum atomic E-state index is 12.2. The number of anilines is 1. The molecule has 1 amide bonds. The second-order valence-electron chi connectivity index (χ2n) is 6.10. The van der Waals surface area contributed by atoms with E-state index in [1.807, 2.05) is 31.2 Å². The van der Waals surface area contributed by atoms with Gasteiger partial charge in [0.25, 0.3) is 0 Å². The predicted molar refractivity (Wildman–Crippen MR) is 110 cm³/mol. The molecule has 0 saturated carbocycles. The van der Waals surface area contributed by atoms with E-state index < -0.39 is 15.9 Å². The van der Waals surface area contributed by atoms with Crippen molar-refractivity contribution in [3.63, 3.8) is 0 Å². The van der Waals surface area contributed by atoms with E-state index in [1.165, 1.54) is 19.2 Å². The maximum Gasteiger partial charge on any atom is 0.240 e. The number of ether oxygens (including phenoxy) is 2. The van der Waals surface area contributed by atoms with Crippen molar-refractivity contribution >= 4 is 33.2 Å². The molecule has 7 nitrogen and oxygen atoms in total. The Hall–Kier alpha value is -2.45. The number of nitrogens with zero attached hydrogens (tertiary/aromatic N) is 1. The minimum Gasteiger partial charge on any atom is -0.495 e. The second-order valence-corrected chi connectivity index (χ2v) is 8.42. The van der Waals surface area contributed by atoms with Gasteiger partial charge in [0.1, 0.15) is 24.7 Å². The van der Waals surface area contributed by atoms with E-state index in [0.717, 1.165) is 16.1 Å². The number of halogens is 1. The molecular weight excluding hydrogens is 404 g/mol. The van der Waals surface area contributed by atoms with Gasteiger partial charge in [0.2, 0.25) is 15.9 Å². The van der Waals surface area contributed by atoms with Gasteiger partial charge in [-0.25, -0.2) is 8.42 Å². The smallest absolute Gasteiger partial charge is 0.240 e. The third kappa shape index (κ3) is 6.31. The first-order chi connectivity index (χ1) is 13.2. The molecular formula is C19H23ClN2O5S.